The molecular formula is C21H42N2O. The Morgan fingerprint density at radius 1 is 0.667 bits per heavy atom. The molecule has 0 unspecified atom stereocenters. The second-order valence-electron chi connectivity index (χ2n) is 7.18. The fourth-order valence-electron chi connectivity index (χ4n) is 3.35. The van der Waals surface area contributed by atoms with E-state index in [1.165, 1.54) is 89.9 Å². The van der Waals surface area contributed by atoms with E-state index in [4.69, 9.17) is 4.84 Å². The van der Waals surface area contributed by atoms with Crippen LogP contribution < -0.4 is 0 Å². The van der Waals surface area contributed by atoms with E-state index in [2.05, 4.69) is 18.0 Å². The molecule has 24 heavy (non-hydrogen) atoms. The third kappa shape index (κ3) is 11.8. The summed E-state index contributed by atoms with van der Waals surface area (Å²) in [5.41, 5.74) is 0. The predicted molar refractivity (Wildman–Crippen MR) is 104 cm³/mol. The summed E-state index contributed by atoms with van der Waals surface area (Å²) in [7, 11) is 0. The van der Waals surface area contributed by atoms with E-state index in [-0.39, 0.29) is 0 Å². The van der Waals surface area contributed by atoms with E-state index in [0.717, 1.165) is 19.8 Å². The quantitative estimate of drug-likeness (QED) is 0.283. The standard InChI is InChI=1S/C21H42N2O/c1-3-5-6-7-8-9-10-11-12-13-14-15-16-17-18-22-19-20-23(21-22)24-4-2/h19-20H,3-18,21H2,1-2H3. The minimum atomic E-state index is 0.747. The maximum absolute atomic E-state index is 5.46. The van der Waals surface area contributed by atoms with Crippen LogP contribution in [0.15, 0.2) is 12.4 Å². The number of rotatable bonds is 17. The number of hydroxylamine groups is 2. The third-order valence-corrected chi connectivity index (χ3v) is 4.86. The van der Waals surface area contributed by atoms with Crippen LogP contribution in [0.1, 0.15) is 104 Å². The summed E-state index contributed by atoms with van der Waals surface area (Å²) in [6.45, 7) is 7.13. The predicted octanol–water partition coefficient (Wildman–Crippen LogP) is 6.47. The Morgan fingerprint density at radius 3 is 1.67 bits per heavy atom. The van der Waals surface area contributed by atoms with Gasteiger partial charge in [-0.2, -0.15) is 0 Å². The minimum Gasteiger partial charge on any atom is -0.356 e. The highest BCUT2D eigenvalue weighted by molar-refractivity contribution is 4.86. The number of nitrogens with zero attached hydrogens (tertiary/aromatic N) is 2. The van der Waals surface area contributed by atoms with Gasteiger partial charge in [0, 0.05) is 18.9 Å². The summed E-state index contributed by atoms with van der Waals surface area (Å²) in [4.78, 5) is 7.81. The molecule has 0 saturated carbocycles. The molecule has 1 aliphatic heterocycles. The van der Waals surface area contributed by atoms with Gasteiger partial charge >= 0.3 is 0 Å². The van der Waals surface area contributed by atoms with Gasteiger partial charge < -0.3 is 4.90 Å². The second kappa shape index (κ2) is 15.8. The van der Waals surface area contributed by atoms with Gasteiger partial charge in [-0.15, -0.1) is 0 Å². The lowest BCUT2D eigenvalue weighted by atomic mass is 10.0. The number of hydrogen-bond donors (Lipinski definition) is 0. The third-order valence-electron chi connectivity index (χ3n) is 4.86. The van der Waals surface area contributed by atoms with E-state index in [0.29, 0.717) is 0 Å². The molecule has 0 N–H and O–H groups in total. The summed E-state index contributed by atoms with van der Waals surface area (Å²) in [5, 5.41) is 1.92. The highest BCUT2D eigenvalue weighted by Gasteiger charge is 2.11. The first-order chi connectivity index (χ1) is 11.9. The molecule has 3 heteroatoms. The van der Waals surface area contributed by atoms with Gasteiger partial charge in [0.2, 0.25) is 0 Å². The van der Waals surface area contributed by atoms with Crippen molar-refractivity contribution < 1.29 is 4.84 Å². The molecule has 1 rings (SSSR count). The van der Waals surface area contributed by atoms with Gasteiger partial charge in [-0.05, 0) is 13.3 Å². The fourth-order valence-corrected chi connectivity index (χ4v) is 3.35. The van der Waals surface area contributed by atoms with Crippen molar-refractivity contribution in [3.8, 4) is 0 Å². The Morgan fingerprint density at radius 2 is 1.17 bits per heavy atom. The van der Waals surface area contributed by atoms with Crippen LogP contribution in [-0.4, -0.2) is 29.8 Å². The lowest BCUT2D eigenvalue weighted by Crippen LogP contribution is -2.26. The molecule has 0 fully saturated rings. The smallest absolute Gasteiger partial charge is 0.115 e. The van der Waals surface area contributed by atoms with Crippen molar-refractivity contribution in [2.24, 2.45) is 0 Å². The molecular weight excluding hydrogens is 296 g/mol. The van der Waals surface area contributed by atoms with Crippen LogP contribution in [0.5, 0.6) is 0 Å². The maximum Gasteiger partial charge on any atom is 0.115 e. The number of unbranched alkanes of at least 4 members (excludes halogenated alkanes) is 13. The van der Waals surface area contributed by atoms with E-state index in [9.17, 15) is 0 Å². The lowest BCUT2D eigenvalue weighted by molar-refractivity contribution is -0.123. The zero-order chi connectivity index (χ0) is 17.3. The van der Waals surface area contributed by atoms with Gasteiger partial charge in [-0.1, -0.05) is 90.4 Å². The first-order valence-corrected chi connectivity index (χ1v) is 10.7. The molecule has 0 aromatic heterocycles. The van der Waals surface area contributed by atoms with Crippen LogP contribution in [0.3, 0.4) is 0 Å². The molecule has 0 radical (unpaired) electrons. The fraction of sp³-hybridized carbons (Fsp3) is 0.905. The second-order valence-corrected chi connectivity index (χ2v) is 7.18. The van der Waals surface area contributed by atoms with E-state index in [1.54, 1.807) is 0 Å². The van der Waals surface area contributed by atoms with E-state index in [1.807, 2.05) is 18.2 Å². The van der Waals surface area contributed by atoms with Crippen molar-refractivity contribution in [1.29, 1.82) is 0 Å². The molecule has 1 aliphatic rings. The molecule has 0 bridgehead atoms. The average molecular weight is 339 g/mol. The van der Waals surface area contributed by atoms with Crippen LogP contribution >= 0.6 is 0 Å². The zero-order valence-electron chi connectivity index (χ0n) is 16.5. The molecule has 1 heterocycles. The first kappa shape index (κ1) is 21.3. The van der Waals surface area contributed by atoms with Crippen LogP contribution in [-0.2, 0) is 4.84 Å². The molecule has 0 aliphatic carbocycles. The Balaban J connectivity index is 1.73. The Bertz CT molecular complexity index is 294. The summed E-state index contributed by atoms with van der Waals surface area (Å²) < 4.78 is 0. The Kier molecular flexibility index (Phi) is 14.1. The molecule has 0 saturated heterocycles. The molecule has 0 amide bonds. The van der Waals surface area contributed by atoms with Crippen molar-refractivity contribution >= 4 is 0 Å². The van der Waals surface area contributed by atoms with Crippen LogP contribution in [0.4, 0.5) is 0 Å². The molecule has 0 aromatic rings. The number of hydrogen-bond acceptors (Lipinski definition) is 3. The highest BCUT2D eigenvalue weighted by Crippen LogP contribution is 2.14. The first-order valence-electron chi connectivity index (χ1n) is 10.7. The monoisotopic (exact) mass is 338 g/mol. The SMILES string of the molecule is CCCCCCCCCCCCCCCCN1C=CN(OCC)C1. The molecule has 3 nitrogen and oxygen atoms in total. The van der Waals surface area contributed by atoms with Crippen molar-refractivity contribution in [3.63, 3.8) is 0 Å². The average Bonchev–Trinajstić information content (AvgIpc) is 3.03. The molecule has 0 atom stereocenters. The molecule has 142 valence electrons. The van der Waals surface area contributed by atoms with Crippen LogP contribution in [0.25, 0.3) is 0 Å². The topological polar surface area (TPSA) is 15.7 Å². The van der Waals surface area contributed by atoms with Crippen molar-refractivity contribution in [1.82, 2.24) is 9.96 Å². The zero-order valence-corrected chi connectivity index (χ0v) is 16.5. The largest absolute Gasteiger partial charge is 0.356 e. The van der Waals surface area contributed by atoms with Gasteiger partial charge in [0.05, 0.1) is 6.61 Å². The summed E-state index contributed by atoms with van der Waals surface area (Å²) in [6, 6.07) is 0. The maximum atomic E-state index is 5.46. The summed E-state index contributed by atoms with van der Waals surface area (Å²) in [6.07, 6.45) is 24.1. The van der Waals surface area contributed by atoms with Crippen LogP contribution in [0, 0.1) is 0 Å². The lowest BCUT2D eigenvalue weighted by Gasteiger charge is -2.19. The van der Waals surface area contributed by atoms with Gasteiger partial charge in [0.1, 0.15) is 6.67 Å². The normalized spacial score (nSPS) is 14.1. The molecule has 0 aromatic carbocycles. The van der Waals surface area contributed by atoms with Crippen LogP contribution in [0.2, 0.25) is 0 Å². The van der Waals surface area contributed by atoms with Crippen molar-refractivity contribution in [2.45, 2.75) is 104 Å². The Labute approximate surface area is 151 Å². The molecule has 0 spiro atoms. The van der Waals surface area contributed by atoms with Gasteiger partial charge in [0.15, 0.2) is 0 Å². The Hall–Kier alpha value is -0.700. The highest BCUT2D eigenvalue weighted by atomic mass is 16.7. The van der Waals surface area contributed by atoms with E-state index < -0.39 is 0 Å². The van der Waals surface area contributed by atoms with Gasteiger partial charge in [-0.25, -0.2) is 5.06 Å². The van der Waals surface area contributed by atoms with Gasteiger partial charge in [0.25, 0.3) is 0 Å². The minimum absolute atomic E-state index is 0.747. The summed E-state index contributed by atoms with van der Waals surface area (Å²) in [5.74, 6) is 0. The van der Waals surface area contributed by atoms with Crippen molar-refractivity contribution in [3.05, 3.63) is 12.4 Å². The van der Waals surface area contributed by atoms with Gasteiger partial charge in [-0.3, -0.25) is 4.84 Å². The van der Waals surface area contributed by atoms with E-state index >= 15 is 0 Å². The summed E-state index contributed by atoms with van der Waals surface area (Å²) >= 11 is 0. The van der Waals surface area contributed by atoms with Crippen molar-refractivity contribution in [2.75, 3.05) is 19.8 Å².